The van der Waals surface area contributed by atoms with Crippen molar-refractivity contribution in [3.05, 3.63) is 0 Å². The van der Waals surface area contributed by atoms with E-state index in [1.807, 2.05) is 6.92 Å². The van der Waals surface area contributed by atoms with Crippen LogP contribution < -0.4 is 0 Å². The van der Waals surface area contributed by atoms with Crippen LogP contribution in [-0.2, 0) is 0 Å². The van der Waals surface area contributed by atoms with Crippen LogP contribution in [0.2, 0.25) is 0 Å². The van der Waals surface area contributed by atoms with Gasteiger partial charge in [-0.3, -0.25) is 0 Å². The van der Waals surface area contributed by atoms with Gasteiger partial charge < -0.3 is 0 Å². The molecule has 0 saturated heterocycles. The summed E-state index contributed by atoms with van der Waals surface area (Å²) in [6, 6.07) is 2.06. The Bertz CT molecular complexity index is 170. The minimum atomic E-state index is -0.622. The highest BCUT2D eigenvalue weighted by atomic mass is 35.5. The average Bonchev–Trinajstić information content (AvgIpc) is 2.07. The van der Waals surface area contributed by atoms with E-state index < -0.39 is 4.33 Å². The first kappa shape index (κ1) is 7.18. The van der Waals surface area contributed by atoms with Crippen LogP contribution in [0.3, 0.4) is 0 Å². The number of hydrogen-bond acceptors (Lipinski definition) is 1. The molecule has 0 radical (unpaired) electrons. The Morgan fingerprint density at radius 2 is 2.11 bits per heavy atom. The molecule has 0 unspecified atom stereocenters. The third-order valence-electron chi connectivity index (χ3n) is 1.84. The van der Waals surface area contributed by atoms with Crippen LogP contribution in [-0.4, -0.2) is 4.33 Å². The standard InChI is InChI=1S/C6H7Cl2N/c1-5(2-3-9)4-6(5,7)8/h2,4H2,1H3/t5-/m1/s1. The van der Waals surface area contributed by atoms with Crippen molar-refractivity contribution < 1.29 is 0 Å². The quantitative estimate of drug-likeness (QED) is 0.546. The van der Waals surface area contributed by atoms with Gasteiger partial charge in [0.25, 0.3) is 0 Å². The summed E-state index contributed by atoms with van der Waals surface area (Å²) >= 11 is 11.5. The summed E-state index contributed by atoms with van der Waals surface area (Å²) in [5, 5.41) is 8.31. The van der Waals surface area contributed by atoms with E-state index >= 15 is 0 Å². The lowest BCUT2D eigenvalue weighted by Crippen LogP contribution is -2.02. The zero-order valence-corrected chi connectivity index (χ0v) is 6.63. The van der Waals surface area contributed by atoms with Crippen LogP contribution >= 0.6 is 23.2 Å². The molecule has 50 valence electrons. The Kier molecular flexibility index (Phi) is 1.42. The van der Waals surface area contributed by atoms with Crippen molar-refractivity contribution in [2.24, 2.45) is 5.41 Å². The van der Waals surface area contributed by atoms with E-state index in [2.05, 4.69) is 6.07 Å². The van der Waals surface area contributed by atoms with Gasteiger partial charge in [-0.25, -0.2) is 0 Å². The van der Waals surface area contributed by atoms with E-state index in [-0.39, 0.29) is 5.41 Å². The van der Waals surface area contributed by atoms with Gasteiger partial charge in [-0.1, -0.05) is 6.92 Å². The van der Waals surface area contributed by atoms with Crippen LogP contribution in [0.4, 0.5) is 0 Å². The molecule has 0 aromatic rings. The van der Waals surface area contributed by atoms with Crippen LogP contribution in [0.5, 0.6) is 0 Å². The predicted octanol–water partition coefficient (Wildman–Crippen LogP) is 2.48. The first-order chi connectivity index (χ1) is 4.02. The summed E-state index contributed by atoms with van der Waals surface area (Å²) in [6.45, 7) is 1.93. The molecule has 0 heterocycles. The summed E-state index contributed by atoms with van der Waals surface area (Å²) in [7, 11) is 0. The Labute approximate surface area is 64.6 Å². The molecular formula is C6H7Cl2N. The minimum absolute atomic E-state index is 0.134. The highest BCUT2D eigenvalue weighted by molar-refractivity contribution is 6.51. The SMILES string of the molecule is C[C@@]1(CC#N)CC1(Cl)Cl. The molecule has 0 bridgehead atoms. The lowest BCUT2D eigenvalue weighted by Gasteiger charge is -2.03. The summed E-state index contributed by atoms with van der Waals surface area (Å²) in [6.07, 6.45) is 1.21. The molecule has 0 aromatic heterocycles. The molecule has 1 nitrogen and oxygen atoms in total. The summed E-state index contributed by atoms with van der Waals surface area (Å²) in [5.41, 5.74) is -0.134. The van der Waals surface area contributed by atoms with Gasteiger partial charge in [0, 0.05) is 11.8 Å². The van der Waals surface area contributed by atoms with Crippen LogP contribution in [0, 0.1) is 16.7 Å². The summed E-state index contributed by atoms with van der Waals surface area (Å²) in [4.78, 5) is 0. The molecule has 1 atom stereocenters. The first-order valence-corrected chi connectivity index (χ1v) is 3.52. The number of rotatable bonds is 1. The Balaban J connectivity index is 2.55. The molecule has 1 aliphatic rings. The van der Waals surface area contributed by atoms with Gasteiger partial charge in [-0.05, 0) is 6.42 Å². The van der Waals surface area contributed by atoms with Gasteiger partial charge in [0.1, 0.15) is 4.33 Å². The Hall–Kier alpha value is 0.0700. The Morgan fingerprint density at radius 3 is 2.22 bits per heavy atom. The van der Waals surface area contributed by atoms with Crippen LogP contribution in [0.1, 0.15) is 19.8 Å². The van der Waals surface area contributed by atoms with Gasteiger partial charge in [0.2, 0.25) is 0 Å². The number of hydrogen-bond donors (Lipinski definition) is 0. The average molecular weight is 164 g/mol. The third kappa shape index (κ3) is 1.02. The molecule has 9 heavy (non-hydrogen) atoms. The van der Waals surface area contributed by atoms with Crippen molar-refractivity contribution in [2.75, 3.05) is 0 Å². The van der Waals surface area contributed by atoms with E-state index in [1.165, 1.54) is 0 Å². The predicted molar refractivity (Wildman–Crippen MR) is 37.4 cm³/mol. The lowest BCUT2D eigenvalue weighted by molar-refractivity contribution is 0.581. The second-order valence-corrected chi connectivity index (χ2v) is 4.26. The molecule has 0 amide bonds. The molecule has 0 spiro atoms. The smallest absolute Gasteiger partial charge is 0.125 e. The van der Waals surface area contributed by atoms with Gasteiger partial charge in [-0.15, -0.1) is 23.2 Å². The fourth-order valence-electron chi connectivity index (χ4n) is 0.812. The largest absolute Gasteiger partial charge is 0.198 e. The monoisotopic (exact) mass is 163 g/mol. The van der Waals surface area contributed by atoms with Gasteiger partial charge in [0.15, 0.2) is 0 Å². The molecule has 1 rings (SSSR count). The van der Waals surface area contributed by atoms with Crippen molar-refractivity contribution in [3.63, 3.8) is 0 Å². The number of nitrogens with zero attached hydrogens (tertiary/aromatic N) is 1. The summed E-state index contributed by atoms with van der Waals surface area (Å²) < 4.78 is -0.622. The zero-order chi connectivity index (χ0) is 7.12. The normalized spacial score (nSPS) is 37.6. The maximum absolute atomic E-state index is 8.31. The van der Waals surface area contributed by atoms with Crippen LogP contribution in [0.25, 0.3) is 0 Å². The molecule has 3 heteroatoms. The van der Waals surface area contributed by atoms with Crippen molar-refractivity contribution in [3.8, 4) is 6.07 Å². The van der Waals surface area contributed by atoms with E-state index in [9.17, 15) is 0 Å². The van der Waals surface area contributed by atoms with Crippen LogP contribution in [0.15, 0.2) is 0 Å². The maximum Gasteiger partial charge on any atom is 0.125 e. The van der Waals surface area contributed by atoms with Gasteiger partial charge >= 0.3 is 0 Å². The Morgan fingerprint density at radius 1 is 1.67 bits per heavy atom. The highest BCUT2D eigenvalue weighted by Crippen LogP contribution is 2.65. The molecule has 1 fully saturated rings. The molecule has 0 N–H and O–H groups in total. The zero-order valence-electron chi connectivity index (χ0n) is 5.12. The minimum Gasteiger partial charge on any atom is -0.198 e. The molecular weight excluding hydrogens is 157 g/mol. The van der Waals surface area contributed by atoms with E-state index in [0.717, 1.165) is 6.42 Å². The van der Waals surface area contributed by atoms with Crippen molar-refractivity contribution in [1.82, 2.24) is 0 Å². The molecule has 1 saturated carbocycles. The van der Waals surface area contributed by atoms with Crippen molar-refractivity contribution in [2.45, 2.75) is 24.1 Å². The fraction of sp³-hybridized carbons (Fsp3) is 0.833. The van der Waals surface area contributed by atoms with Gasteiger partial charge in [-0.2, -0.15) is 5.26 Å². The topological polar surface area (TPSA) is 23.8 Å². The van der Waals surface area contributed by atoms with E-state index in [0.29, 0.717) is 6.42 Å². The third-order valence-corrected chi connectivity index (χ3v) is 3.02. The highest BCUT2D eigenvalue weighted by Gasteiger charge is 2.62. The molecule has 1 aliphatic carbocycles. The number of halogens is 2. The summed E-state index contributed by atoms with van der Waals surface area (Å²) in [5.74, 6) is 0. The second kappa shape index (κ2) is 1.78. The van der Waals surface area contributed by atoms with E-state index in [4.69, 9.17) is 28.5 Å². The number of alkyl halides is 2. The number of nitriles is 1. The maximum atomic E-state index is 8.31. The van der Waals surface area contributed by atoms with Gasteiger partial charge in [0.05, 0.1) is 6.07 Å². The van der Waals surface area contributed by atoms with Crippen molar-refractivity contribution in [1.29, 1.82) is 5.26 Å². The molecule has 0 aliphatic heterocycles. The lowest BCUT2D eigenvalue weighted by atomic mass is 10.1. The first-order valence-electron chi connectivity index (χ1n) is 2.77. The fourth-order valence-corrected chi connectivity index (χ4v) is 1.54. The second-order valence-electron chi connectivity index (χ2n) is 2.78. The van der Waals surface area contributed by atoms with E-state index in [1.54, 1.807) is 0 Å². The van der Waals surface area contributed by atoms with Crippen molar-refractivity contribution >= 4 is 23.2 Å². The molecule has 0 aromatic carbocycles.